The lowest BCUT2D eigenvalue weighted by molar-refractivity contribution is -0.0101. The summed E-state index contributed by atoms with van der Waals surface area (Å²) in [5.41, 5.74) is 3.66. The Morgan fingerprint density at radius 2 is 1.95 bits per heavy atom. The molecular formula is C32H45N5O4. The van der Waals surface area contributed by atoms with Crippen LogP contribution in [0, 0.1) is 5.92 Å². The number of rotatable bonds is 13. The van der Waals surface area contributed by atoms with E-state index in [1.165, 1.54) is 11.1 Å². The smallest absolute Gasteiger partial charge is 0.153 e. The van der Waals surface area contributed by atoms with Crippen LogP contribution in [0.5, 0.6) is 11.5 Å². The summed E-state index contributed by atoms with van der Waals surface area (Å²) in [7, 11) is 5.41. The average Bonchev–Trinajstić information content (AvgIpc) is 3.44. The van der Waals surface area contributed by atoms with E-state index in [1.807, 2.05) is 11.7 Å². The summed E-state index contributed by atoms with van der Waals surface area (Å²) in [6.07, 6.45) is 6.54. The minimum absolute atomic E-state index is 0.154. The molecule has 9 heteroatoms. The zero-order valence-corrected chi connectivity index (χ0v) is 25.0. The summed E-state index contributed by atoms with van der Waals surface area (Å²) in [4.78, 5) is 2.41. The van der Waals surface area contributed by atoms with Crippen molar-refractivity contribution < 1.29 is 18.9 Å². The van der Waals surface area contributed by atoms with Gasteiger partial charge in [0.25, 0.3) is 0 Å². The van der Waals surface area contributed by atoms with E-state index in [0.717, 1.165) is 81.2 Å². The highest BCUT2D eigenvalue weighted by Crippen LogP contribution is 2.43. The van der Waals surface area contributed by atoms with Crippen LogP contribution in [0.15, 0.2) is 42.5 Å². The molecule has 1 aliphatic carbocycles. The van der Waals surface area contributed by atoms with Crippen molar-refractivity contribution in [3.63, 3.8) is 0 Å². The zero-order chi connectivity index (χ0) is 28.6. The second-order valence-electron chi connectivity index (χ2n) is 11.4. The monoisotopic (exact) mass is 563 g/mol. The number of hydrogen-bond donors (Lipinski definition) is 0. The van der Waals surface area contributed by atoms with Gasteiger partial charge in [0.15, 0.2) is 5.82 Å². The maximum atomic E-state index is 6.74. The molecule has 0 N–H and O–H groups in total. The highest BCUT2D eigenvalue weighted by atomic mass is 16.5. The Hall–Kier alpha value is -3.17. The van der Waals surface area contributed by atoms with Crippen LogP contribution < -0.4 is 14.4 Å². The average molecular weight is 564 g/mol. The van der Waals surface area contributed by atoms with Gasteiger partial charge in [0.1, 0.15) is 18.1 Å². The highest BCUT2D eigenvalue weighted by Gasteiger charge is 2.34. The minimum Gasteiger partial charge on any atom is -0.497 e. The molecule has 0 spiro atoms. The molecule has 3 aromatic rings. The minimum atomic E-state index is 0.154. The van der Waals surface area contributed by atoms with Gasteiger partial charge in [-0.1, -0.05) is 25.1 Å². The molecule has 5 rings (SSSR count). The first kappa shape index (κ1) is 29.3. The number of anilines is 1. The number of nitrogens with zero attached hydrogens (tertiary/aromatic N) is 5. The highest BCUT2D eigenvalue weighted by molar-refractivity contribution is 5.61. The molecule has 1 aliphatic heterocycles. The number of fused-ring (bicyclic) bond motifs is 1. The van der Waals surface area contributed by atoms with Crippen LogP contribution in [0.4, 0.5) is 5.69 Å². The Labute approximate surface area is 244 Å². The Morgan fingerprint density at radius 1 is 1.10 bits per heavy atom. The summed E-state index contributed by atoms with van der Waals surface area (Å²) < 4.78 is 25.2. The zero-order valence-electron chi connectivity index (χ0n) is 25.0. The van der Waals surface area contributed by atoms with E-state index in [1.54, 1.807) is 14.2 Å². The van der Waals surface area contributed by atoms with Gasteiger partial charge in [-0.2, -0.15) is 0 Å². The SMILES string of the molecule is CC[C@H](C[C@@H]1CC[C@H](OCc2ccc3c(c2)N(CCCOC)CCO3)[C@@H](c2ccc(OC)cc2)C1)c1nnnn1C. The van der Waals surface area contributed by atoms with E-state index < -0.39 is 0 Å². The molecule has 1 aromatic heterocycles. The molecule has 0 radical (unpaired) electrons. The van der Waals surface area contributed by atoms with Crippen molar-refractivity contribution in [2.45, 2.75) is 70.0 Å². The number of aromatic nitrogens is 4. The van der Waals surface area contributed by atoms with E-state index in [0.29, 0.717) is 31.0 Å². The van der Waals surface area contributed by atoms with Crippen LogP contribution in [0.25, 0.3) is 0 Å². The van der Waals surface area contributed by atoms with E-state index in [2.05, 4.69) is 69.8 Å². The third kappa shape index (κ3) is 7.19. The Bertz CT molecular complexity index is 1230. The van der Waals surface area contributed by atoms with Crippen LogP contribution in [-0.4, -0.2) is 66.8 Å². The first-order valence-corrected chi connectivity index (χ1v) is 15.1. The molecule has 4 atom stereocenters. The Balaban J connectivity index is 1.29. The Kier molecular flexibility index (Phi) is 10.1. The summed E-state index contributed by atoms with van der Waals surface area (Å²) in [6, 6.07) is 15.0. The summed E-state index contributed by atoms with van der Waals surface area (Å²) in [6.45, 7) is 6.16. The fourth-order valence-electron chi connectivity index (χ4n) is 6.53. The van der Waals surface area contributed by atoms with Crippen molar-refractivity contribution in [2.75, 3.05) is 45.4 Å². The van der Waals surface area contributed by atoms with Crippen LogP contribution in [0.1, 0.15) is 74.2 Å². The van der Waals surface area contributed by atoms with Gasteiger partial charge in [-0.3, -0.25) is 0 Å². The van der Waals surface area contributed by atoms with Crippen molar-refractivity contribution in [3.05, 3.63) is 59.4 Å². The lowest BCUT2D eigenvalue weighted by atomic mass is 9.73. The van der Waals surface area contributed by atoms with Gasteiger partial charge in [0, 0.05) is 39.1 Å². The summed E-state index contributed by atoms with van der Waals surface area (Å²) in [5.74, 6) is 4.09. The predicted molar refractivity (Wildman–Crippen MR) is 159 cm³/mol. The van der Waals surface area contributed by atoms with Crippen molar-refractivity contribution in [2.24, 2.45) is 13.0 Å². The quantitative estimate of drug-likeness (QED) is 0.252. The maximum absolute atomic E-state index is 6.74. The number of benzene rings is 2. The van der Waals surface area contributed by atoms with Gasteiger partial charge in [0.05, 0.1) is 32.1 Å². The van der Waals surface area contributed by atoms with Crippen LogP contribution >= 0.6 is 0 Å². The summed E-state index contributed by atoms with van der Waals surface area (Å²) in [5, 5.41) is 12.3. The molecule has 2 aromatic carbocycles. The molecule has 2 aliphatic rings. The third-order valence-electron chi connectivity index (χ3n) is 8.79. The van der Waals surface area contributed by atoms with Gasteiger partial charge < -0.3 is 23.8 Å². The largest absolute Gasteiger partial charge is 0.497 e. The van der Waals surface area contributed by atoms with Crippen molar-refractivity contribution in [1.29, 1.82) is 0 Å². The predicted octanol–water partition coefficient (Wildman–Crippen LogP) is 5.51. The van der Waals surface area contributed by atoms with Crippen molar-refractivity contribution in [3.8, 4) is 11.5 Å². The number of aryl methyl sites for hydroxylation is 1. The van der Waals surface area contributed by atoms with E-state index in [9.17, 15) is 0 Å². The number of methoxy groups -OCH3 is 2. The lowest BCUT2D eigenvalue weighted by Gasteiger charge is -2.37. The fourth-order valence-corrected chi connectivity index (χ4v) is 6.53. The third-order valence-corrected chi connectivity index (χ3v) is 8.79. The molecule has 9 nitrogen and oxygen atoms in total. The van der Waals surface area contributed by atoms with Crippen LogP contribution in [0.2, 0.25) is 0 Å². The first-order valence-electron chi connectivity index (χ1n) is 15.1. The molecule has 1 fully saturated rings. The van der Waals surface area contributed by atoms with E-state index in [4.69, 9.17) is 18.9 Å². The molecule has 0 saturated heterocycles. The van der Waals surface area contributed by atoms with Crippen molar-refractivity contribution in [1.82, 2.24) is 20.2 Å². The number of hydrogen-bond acceptors (Lipinski definition) is 8. The van der Waals surface area contributed by atoms with Gasteiger partial charge in [-0.25, -0.2) is 4.68 Å². The molecule has 0 amide bonds. The first-order chi connectivity index (χ1) is 20.1. The van der Waals surface area contributed by atoms with Gasteiger partial charge in [-0.05, 0) is 90.3 Å². The molecule has 41 heavy (non-hydrogen) atoms. The second-order valence-corrected chi connectivity index (χ2v) is 11.4. The standard InChI is InChI=1S/C32H45N5O4/c1-5-25(32-33-34-35-36(32)2)19-23-7-13-30(28(20-23)26-9-11-27(39-4)12-10-26)41-22-24-8-14-31-29(21-24)37(16-18-40-31)15-6-17-38-3/h8-12,14,21,23,25,28,30H,5-7,13,15-20,22H2,1-4H3/t23-,25+,28+,30-/m0/s1. The molecular weight excluding hydrogens is 518 g/mol. The van der Waals surface area contributed by atoms with Crippen LogP contribution in [0.3, 0.4) is 0 Å². The van der Waals surface area contributed by atoms with Crippen molar-refractivity contribution >= 4 is 5.69 Å². The molecule has 1 saturated carbocycles. The fraction of sp³-hybridized carbons (Fsp3) is 0.594. The van der Waals surface area contributed by atoms with Crippen LogP contribution in [-0.2, 0) is 23.1 Å². The number of ether oxygens (including phenoxy) is 4. The molecule has 222 valence electrons. The molecule has 2 heterocycles. The second kappa shape index (κ2) is 14.1. The van der Waals surface area contributed by atoms with Gasteiger partial charge in [-0.15, -0.1) is 5.10 Å². The van der Waals surface area contributed by atoms with Gasteiger partial charge >= 0.3 is 0 Å². The normalized spacial score (nSPS) is 21.3. The van der Waals surface area contributed by atoms with E-state index >= 15 is 0 Å². The maximum Gasteiger partial charge on any atom is 0.153 e. The summed E-state index contributed by atoms with van der Waals surface area (Å²) >= 11 is 0. The van der Waals surface area contributed by atoms with E-state index in [-0.39, 0.29) is 6.10 Å². The van der Waals surface area contributed by atoms with Gasteiger partial charge in [0.2, 0.25) is 0 Å². The molecule has 0 unspecified atom stereocenters. The molecule has 0 bridgehead atoms. The lowest BCUT2D eigenvalue weighted by Crippen LogP contribution is -2.34. The Morgan fingerprint density at radius 3 is 2.68 bits per heavy atom. The number of tetrazole rings is 1. The topological polar surface area (TPSA) is 83.8 Å².